The number of nitrogens with one attached hydrogen (secondary N) is 2. The summed E-state index contributed by atoms with van der Waals surface area (Å²) in [5.41, 5.74) is -0.262. The quantitative estimate of drug-likeness (QED) is 0.758. The van der Waals surface area contributed by atoms with E-state index in [2.05, 4.69) is 15.7 Å². The van der Waals surface area contributed by atoms with Gasteiger partial charge in [0.25, 0.3) is 5.91 Å². The maximum atomic E-state index is 12.1. The van der Waals surface area contributed by atoms with Crippen LogP contribution in [0.2, 0.25) is 0 Å². The minimum Gasteiger partial charge on any atom is -0.388 e. The van der Waals surface area contributed by atoms with Crippen molar-refractivity contribution in [3.63, 3.8) is 0 Å². The molecule has 0 unspecified atom stereocenters. The molecule has 0 aliphatic carbocycles. The zero-order valence-electron chi connectivity index (χ0n) is 12.2. The van der Waals surface area contributed by atoms with E-state index in [-0.39, 0.29) is 11.9 Å². The highest BCUT2D eigenvalue weighted by atomic mass is 16.3. The van der Waals surface area contributed by atoms with Crippen molar-refractivity contribution >= 4 is 5.91 Å². The van der Waals surface area contributed by atoms with Gasteiger partial charge in [-0.2, -0.15) is 5.10 Å². The minimum absolute atomic E-state index is 0.178. The summed E-state index contributed by atoms with van der Waals surface area (Å²) in [7, 11) is 0. The first-order chi connectivity index (χ1) is 9.50. The molecule has 20 heavy (non-hydrogen) atoms. The van der Waals surface area contributed by atoms with Crippen LogP contribution in [0, 0.1) is 0 Å². The highest BCUT2D eigenvalue weighted by Crippen LogP contribution is 2.18. The number of carbonyl (C=O) groups is 1. The molecule has 0 spiro atoms. The second-order valence-corrected chi connectivity index (χ2v) is 5.81. The number of carbonyl (C=O) groups excluding carboxylic acids is 1. The molecule has 1 atom stereocenters. The van der Waals surface area contributed by atoms with Gasteiger partial charge in [0, 0.05) is 18.8 Å². The monoisotopic (exact) mass is 280 g/mol. The average molecular weight is 280 g/mol. The Morgan fingerprint density at radius 2 is 2.35 bits per heavy atom. The maximum Gasteiger partial charge on any atom is 0.254 e. The van der Waals surface area contributed by atoms with Crippen LogP contribution in [-0.4, -0.2) is 46.0 Å². The van der Waals surface area contributed by atoms with E-state index in [4.69, 9.17) is 0 Å². The molecule has 1 aromatic rings. The summed E-state index contributed by atoms with van der Waals surface area (Å²) < 4.78 is 1.75. The number of hydrogen-bond acceptors (Lipinski definition) is 4. The second kappa shape index (κ2) is 6.37. The smallest absolute Gasteiger partial charge is 0.254 e. The molecule has 1 amide bonds. The van der Waals surface area contributed by atoms with Crippen LogP contribution in [0.3, 0.4) is 0 Å². The molecule has 0 aromatic carbocycles. The van der Waals surface area contributed by atoms with Crippen LogP contribution in [-0.2, 0) is 0 Å². The minimum atomic E-state index is -0.798. The zero-order chi connectivity index (χ0) is 14.6. The van der Waals surface area contributed by atoms with Crippen LogP contribution in [0.15, 0.2) is 12.4 Å². The Kier molecular flexibility index (Phi) is 4.77. The second-order valence-electron chi connectivity index (χ2n) is 5.81. The lowest BCUT2D eigenvalue weighted by atomic mass is 9.95. The van der Waals surface area contributed by atoms with Crippen molar-refractivity contribution in [3.05, 3.63) is 18.0 Å². The van der Waals surface area contributed by atoms with E-state index >= 15 is 0 Å². The summed E-state index contributed by atoms with van der Waals surface area (Å²) in [5, 5.41) is 20.7. The molecule has 2 heterocycles. The van der Waals surface area contributed by atoms with Gasteiger partial charge < -0.3 is 15.7 Å². The molecule has 0 bridgehead atoms. The third kappa shape index (κ3) is 3.80. The van der Waals surface area contributed by atoms with Crippen LogP contribution < -0.4 is 10.6 Å². The van der Waals surface area contributed by atoms with Gasteiger partial charge in [-0.25, -0.2) is 0 Å². The molecule has 1 aliphatic heterocycles. The van der Waals surface area contributed by atoms with Crippen molar-refractivity contribution in [1.82, 2.24) is 20.4 Å². The van der Waals surface area contributed by atoms with Crippen LogP contribution in [0.5, 0.6) is 0 Å². The largest absolute Gasteiger partial charge is 0.388 e. The third-order valence-electron chi connectivity index (χ3n) is 3.73. The normalized spacial score (nSPS) is 23.6. The predicted molar refractivity (Wildman–Crippen MR) is 76.6 cm³/mol. The first-order valence-corrected chi connectivity index (χ1v) is 7.26. The summed E-state index contributed by atoms with van der Waals surface area (Å²) in [6.07, 6.45) is 5.61. The molecule has 1 aliphatic rings. The van der Waals surface area contributed by atoms with Gasteiger partial charge in [-0.3, -0.25) is 9.48 Å². The number of amides is 1. The fraction of sp³-hybridized carbons (Fsp3) is 0.714. The van der Waals surface area contributed by atoms with E-state index in [0.717, 1.165) is 19.5 Å². The van der Waals surface area contributed by atoms with E-state index in [0.29, 0.717) is 24.9 Å². The molecule has 0 saturated carbocycles. The molecule has 112 valence electrons. The first kappa shape index (κ1) is 15.0. The summed E-state index contributed by atoms with van der Waals surface area (Å²) in [6.45, 7) is 6.03. The first-order valence-electron chi connectivity index (χ1n) is 7.26. The molecular weight excluding hydrogens is 256 g/mol. The van der Waals surface area contributed by atoms with E-state index < -0.39 is 5.60 Å². The van der Waals surface area contributed by atoms with Crippen LogP contribution in [0.1, 0.15) is 49.5 Å². The van der Waals surface area contributed by atoms with Crippen molar-refractivity contribution in [2.45, 2.75) is 44.8 Å². The molecule has 1 saturated heterocycles. The number of nitrogens with zero attached hydrogens (tertiary/aromatic N) is 2. The van der Waals surface area contributed by atoms with E-state index in [9.17, 15) is 9.90 Å². The Hall–Kier alpha value is -1.40. The molecular formula is C14H24N4O2. The Morgan fingerprint density at radius 3 is 3.05 bits per heavy atom. The van der Waals surface area contributed by atoms with Gasteiger partial charge in [-0.05, 0) is 46.2 Å². The summed E-state index contributed by atoms with van der Waals surface area (Å²) in [4.78, 5) is 12.1. The van der Waals surface area contributed by atoms with E-state index in [1.165, 1.54) is 0 Å². The Bertz CT molecular complexity index is 448. The standard InChI is InChI=1S/C14H24N4O2/c1-11(2)18-9-12(8-17-18)13(19)16-10-14(20)4-3-6-15-7-5-14/h8-9,11,15,20H,3-7,10H2,1-2H3,(H,16,19)/t14-/m0/s1. The van der Waals surface area contributed by atoms with Crippen molar-refractivity contribution in [1.29, 1.82) is 0 Å². The SMILES string of the molecule is CC(C)n1cc(C(=O)NC[C@]2(O)CCCNCC2)cn1. The van der Waals surface area contributed by atoms with Crippen LogP contribution in [0.4, 0.5) is 0 Å². The molecule has 6 heteroatoms. The van der Waals surface area contributed by atoms with Crippen LogP contribution in [0.25, 0.3) is 0 Å². The highest BCUT2D eigenvalue weighted by Gasteiger charge is 2.28. The van der Waals surface area contributed by atoms with Gasteiger partial charge in [0.1, 0.15) is 0 Å². The number of aliphatic hydroxyl groups is 1. The van der Waals surface area contributed by atoms with Gasteiger partial charge in [0.15, 0.2) is 0 Å². The van der Waals surface area contributed by atoms with Crippen LogP contribution >= 0.6 is 0 Å². The average Bonchev–Trinajstić information content (AvgIpc) is 2.81. The van der Waals surface area contributed by atoms with Gasteiger partial charge in [-0.1, -0.05) is 0 Å². The molecule has 6 nitrogen and oxygen atoms in total. The van der Waals surface area contributed by atoms with Gasteiger partial charge in [0.2, 0.25) is 0 Å². The molecule has 1 aromatic heterocycles. The van der Waals surface area contributed by atoms with Crippen molar-refractivity contribution in [2.24, 2.45) is 0 Å². The molecule has 0 radical (unpaired) electrons. The topological polar surface area (TPSA) is 79.2 Å². The summed E-state index contributed by atoms with van der Waals surface area (Å²) in [5.74, 6) is -0.178. The lowest BCUT2D eigenvalue weighted by Crippen LogP contribution is -2.43. The van der Waals surface area contributed by atoms with Crippen molar-refractivity contribution in [2.75, 3.05) is 19.6 Å². The van der Waals surface area contributed by atoms with Crippen molar-refractivity contribution in [3.8, 4) is 0 Å². The lowest BCUT2D eigenvalue weighted by Gasteiger charge is -2.26. The molecule has 2 rings (SSSR count). The number of rotatable bonds is 4. The maximum absolute atomic E-state index is 12.1. The van der Waals surface area contributed by atoms with Gasteiger partial charge >= 0.3 is 0 Å². The highest BCUT2D eigenvalue weighted by molar-refractivity contribution is 5.93. The molecule has 3 N–H and O–H groups in total. The Labute approximate surface area is 119 Å². The summed E-state index contributed by atoms with van der Waals surface area (Å²) in [6, 6.07) is 0.230. The van der Waals surface area contributed by atoms with E-state index in [1.54, 1.807) is 17.1 Å². The number of aromatic nitrogens is 2. The van der Waals surface area contributed by atoms with E-state index in [1.807, 2.05) is 13.8 Å². The Balaban J connectivity index is 1.90. The number of hydrogen-bond donors (Lipinski definition) is 3. The molecule has 1 fully saturated rings. The fourth-order valence-corrected chi connectivity index (χ4v) is 2.37. The predicted octanol–water partition coefficient (Wildman–Crippen LogP) is 0.698. The summed E-state index contributed by atoms with van der Waals surface area (Å²) >= 11 is 0. The zero-order valence-corrected chi connectivity index (χ0v) is 12.2. The van der Waals surface area contributed by atoms with Crippen molar-refractivity contribution < 1.29 is 9.90 Å². The van der Waals surface area contributed by atoms with Gasteiger partial charge in [-0.15, -0.1) is 0 Å². The van der Waals surface area contributed by atoms with Gasteiger partial charge in [0.05, 0.1) is 17.4 Å². The Morgan fingerprint density at radius 1 is 1.55 bits per heavy atom. The third-order valence-corrected chi connectivity index (χ3v) is 3.73. The fourth-order valence-electron chi connectivity index (χ4n) is 2.37. The lowest BCUT2D eigenvalue weighted by molar-refractivity contribution is 0.0276.